The maximum atomic E-state index is 11.8. The molecule has 0 saturated heterocycles. The maximum Gasteiger partial charge on any atom is 0.374 e. The topological polar surface area (TPSA) is 80.6 Å². The van der Waals surface area contributed by atoms with Gasteiger partial charge in [0.25, 0.3) is 0 Å². The number of carbonyl (C=O) groups excluding carboxylic acids is 2. The first-order valence-corrected chi connectivity index (χ1v) is 6.99. The summed E-state index contributed by atoms with van der Waals surface area (Å²) >= 11 is 0. The summed E-state index contributed by atoms with van der Waals surface area (Å²) in [5, 5.41) is 5.28. The zero-order valence-corrected chi connectivity index (χ0v) is 12.6. The second kappa shape index (κ2) is 7.71. The Kier molecular flexibility index (Phi) is 5.42. The minimum Gasteiger partial charge on any atom is -0.460 e. The standard InChI is InChI=1S/C17H16N2O4/c1-3-12-6-5-7-13(10-12)19-17(21)18-11-14-8-9-15(23-14)16(20)22-4-2/h1,5-10H,4,11H2,2H3,(H2,18,19,21). The van der Waals surface area contributed by atoms with Gasteiger partial charge in [0.2, 0.25) is 5.76 Å². The highest BCUT2D eigenvalue weighted by Gasteiger charge is 2.12. The molecule has 0 radical (unpaired) electrons. The molecule has 118 valence electrons. The van der Waals surface area contributed by atoms with Gasteiger partial charge < -0.3 is 19.8 Å². The molecule has 6 nitrogen and oxygen atoms in total. The number of esters is 1. The molecule has 23 heavy (non-hydrogen) atoms. The molecule has 2 rings (SSSR count). The molecule has 1 heterocycles. The molecular formula is C17H16N2O4. The molecule has 0 unspecified atom stereocenters. The largest absolute Gasteiger partial charge is 0.460 e. The van der Waals surface area contributed by atoms with Crippen molar-refractivity contribution in [3.8, 4) is 12.3 Å². The van der Waals surface area contributed by atoms with E-state index in [0.29, 0.717) is 17.0 Å². The van der Waals surface area contributed by atoms with Crippen LogP contribution in [0.1, 0.15) is 28.8 Å². The van der Waals surface area contributed by atoms with E-state index >= 15 is 0 Å². The molecule has 0 fully saturated rings. The van der Waals surface area contributed by atoms with Crippen molar-refractivity contribution in [2.45, 2.75) is 13.5 Å². The number of rotatable bonds is 5. The Balaban J connectivity index is 1.87. The highest BCUT2D eigenvalue weighted by molar-refractivity contribution is 5.89. The third kappa shape index (κ3) is 4.64. The van der Waals surface area contributed by atoms with Crippen LogP contribution in [0.5, 0.6) is 0 Å². The third-order valence-electron chi connectivity index (χ3n) is 2.85. The van der Waals surface area contributed by atoms with Crippen LogP contribution in [0.4, 0.5) is 10.5 Å². The number of amides is 2. The Morgan fingerprint density at radius 1 is 1.30 bits per heavy atom. The van der Waals surface area contributed by atoms with E-state index in [4.69, 9.17) is 15.6 Å². The molecule has 6 heteroatoms. The summed E-state index contributed by atoms with van der Waals surface area (Å²) < 4.78 is 10.1. The van der Waals surface area contributed by atoms with Gasteiger partial charge in [0.15, 0.2) is 0 Å². The summed E-state index contributed by atoms with van der Waals surface area (Å²) in [6.45, 7) is 2.12. The van der Waals surface area contributed by atoms with Crippen LogP contribution in [0, 0.1) is 12.3 Å². The molecule has 1 aromatic heterocycles. The van der Waals surface area contributed by atoms with Crippen molar-refractivity contribution in [3.63, 3.8) is 0 Å². The Hall–Kier alpha value is -3.20. The number of hydrogen-bond acceptors (Lipinski definition) is 4. The number of carbonyl (C=O) groups is 2. The fourth-order valence-corrected chi connectivity index (χ4v) is 1.81. The van der Waals surface area contributed by atoms with Crippen molar-refractivity contribution in [2.24, 2.45) is 0 Å². The van der Waals surface area contributed by atoms with E-state index in [-0.39, 0.29) is 18.9 Å². The average Bonchev–Trinajstić information content (AvgIpc) is 3.02. The number of anilines is 1. The number of ether oxygens (including phenoxy) is 1. The second-order valence-electron chi connectivity index (χ2n) is 4.52. The summed E-state index contributed by atoms with van der Waals surface area (Å²) in [5.41, 5.74) is 1.26. The van der Waals surface area contributed by atoms with Gasteiger partial charge in [0, 0.05) is 11.3 Å². The average molecular weight is 312 g/mol. The molecule has 2 amide bonds. The van der Waals surface area contributed by atoms with Crippen LogP contribution in [-0.4, -0.2) is 18.6 Å². The van der Waals surface area contributed by atoms with Gasteiger partial charge in [-0.25, -0.2) is 9.59 Å². The van der Waals surface area contributed by atoms with E-state index < -0.39 is 12.0 Å². The van der Waals surface area contributed by atoms with Crippen LogP contribution >= 0.6 is 0 Å². The van der Waals surface area contributed by atoms with Crippen molar-refractivity contribution < 1.29 is 18.7 Å². The minimum absolute atomic E-state index is 0.103. The molecule has 1 aromatic carbocycles. The first-order chi connectivity index (χ1) is 11.1. The van der Waals surface area contributed by atoms with Gasteiger partial charge in [-0.2, -0.15) is 0 Å². The van der Waals surface area contributed by atoms with Gasteiger partial charge >= 0.3 is 12.0 Å². The molecule has 0 aliphatic heterocycles. The van der Waals surface area contributed by atoms with Crippen LogP contribution < -0.4 is 10.6 Å². The highest BCUT2D eigenvalue weighted by atomic mass is 16.5. The fraction of sp³-hybridized carbons (Fsp3) is 0.176. The van der Waals surface area contributed by atoms with Crippen LogP contribution in [-0.2, 0) is 11.3 Å². The molecule has 0 saturated carbocycles. The molecule has 0 aliphatic carbocycles. The monoisotopic (exact) mass is 312 g/mol. The van der Waals surface area contributed by atoms with Gasteiger partial charge in [-0.1, -0.05) is 12.0 Å². The first-order valence-electron chi connectivity index (χ1n) is 6.99. The summed E-state index contributed by atoms with van der Waals surface area (Å²) in [6, 6.07) is 9.63. The molecule has 2 N–H and O–H groups in total. The lowest BCUT2D eigenvalue weighted by Crippen LogP contribution is -2.28. The number of benzene rings is 1. The van der Waals surface area contributed by atoms with E-state index in [1.54, 1.807) is 37.3 Å². The summed E-state index contributed by atoms with van der Waals surface area (Å²) in [5.74, 6) is 2.51. The van der Waals surface area contributed by atoms with E-state index in [1.807, 2.05) is 0 Å². The van der Waals surface area contributed by atoms with E-state index in [1.165, 1.54) is 6.07 Å². The molecule has 0 spiro atoms. The Labute approximate surface area is 133 Å². The van der Waals surface area contributed by atoms with Gasteiger partial charge in [0.05, 0.1) is 13.2 Å². The summed E-state index contributed by atoms with van der Waals surface area (Å²) in [6.07, 6.45) is 5.30. The summed E-state index contributed by atoms with van der Waals surface area (Å²) in [4.78, 5) is 23.3. The number of furan rings is 1. The molecule has 2 aromatic rings. The number of terminal acetylenes is 1. The third-order valence-corrected chi connectivity index (χ3v) is 2.85. The lowest BCUT2D eigenvalue weighted by molar-refractivity contribution is 0.0488. The summed E-state index contributed by atoms with van der Waals surface area (Å²) in [7, 11) is 0. The zero-order chi connectivity index (χ0) is 16.7. The lowest BCUT2D eigenvalue weighted by Gasteiger charge is -2.06. The number of hydrogen-bond donors (Lipinski definition) is 2. The fourth-order valence-electron chi connectivity index (χ4n) is 1.81. The zero-order valence-electron chi connectivity index (χ0n) is 12.6. The Bertz CT molecular complexity index is 743. The predicted molar refractivity (Wildman–Crippen MR) is 84.9 cm³/mol. The van der Waals surface area contributed by atoms with Crippen LogP contribution in [0.25, 0.3) is 0 Å². The molecule has 0 aliphatic rings. The van der Waals surface area contributed by atoms with Gasteiger partial charge in [-0.3, -0.25) is 0 Å². The van der Waals surface area contributed by atoms with Crippen molar-refractivity contribution in [3.05, 3.63) is 53.5 Å². The van der Waals surface area contributed by atoms with Gasteiger partial charge in [0.1, 0.15) is 5.76 Å². The smallest absolute Gasteiger partial charge is 0.374 e. The molecular weight excluding hydrogens is 296 g/mol. The predicted octanol–water partition coefficient (Wildman–Crippen LogP) is 2.76. The normalized spacial score (nSPS) is 9.74. The van der Waals surface area contributed by atoms with Crippen LogP contribution in [0.3, 0.4) is 0 Å². The van der Waals surface area contributed by atoms with Crippen LogP contribution in [0.15, 0.2) is 40.8 Å². The first kappa shape index (κ1) is 16.2. The van der Waals surface area contributed by atoms with E-state index in [0.717, 1.165) is 0 Å². The lowest BCUT2D eigenvalue weighted by atomic mass is 10.2. The number of nitrogens with one attached hydrogen (secondary N) is 2. The number of urea groups is 1. The SMILES string of the molecule is C#Cc1cccc(NC(=O)NCc2ccc(C(=O)OCC)o2)c1. The van der Waals surface area contributed by atoms with Crippen molar-refractivity contribution >= 4 is 17.7 Å². The molecule has 0 bridgehead atoms. The van der Waals surface area contributed by atoms with Crippen molar-refractivity contribution in [1.82, 2.24) is 5.32 Å². The van der Waals surface area contributed by atoms with E-state index in [2.05, 4.69) is 16.6 Å². The molecule has 0 atom stereocenters. The maximum absolute atomic E-state index is 11.8. The Morgan fingerprint density at radius 3 is 2.87 bits per heavy atom. The second-order valence-corrected chi connectivity index (χ2v) is 4.52. The van der Waals surface area contributed by atoms with Crippen LogP contribution in [0.2, 0.25) is 0 Å². The van der Waals surface area contributed by atoms with Crippen molar-refractivity contribution in [2.75, 3.05) is 11.9 Å². The Morgan fingerprint density at radius 2 is 2.13 bits per heavy atom. The van der Waals surface area contributed by atoms with Gasteiger partial charge in [-0.15, -0.1) is 6.42 Å². The van der Waals surface area contributed by atoms with E-state index in [9.17, 15) is 9.59 Å². The highest BCUT2D eigenvalue weighted by Crippen LogP contribution is 2.11. The van der Waals surface area contributed by atoms with Gasteiger partial charge in [-0.05, 0) is 37.3 Å². The minimum atomic E-state index is -0.533. The van der Waals surface area contributed by atoms with Crippen molar-refractivity contribution in [1.29, 1.82) is 0 Å². The quantitative estimate of drug-likeness (QED) is 0.657.